The molecule has 4 heteroatoms. The molecule has 2 nitrogen and oxygen atoms in total. The molecule has 16 heavy (non-hydrogen) atoms. The van der Waals surface area contributed by atoms with Gasteiger partial charge in [-0.2, -0.15) is 0 Å². The van der Waals surface area contributed by atoms with Crippen LogP contribution in [0.3, 0.4) is 0 Å². The van der Waals surface area contributed by atoms with Gasteiger partial charge in [-0.25, -0.2) is 0 Å². The first-order chi connectivity index (χ1) is 7.63. The maximum atomic E-state index is 5.96. The van der Waals surface area contributed by atoms with Gasteiger partial charge in [0.1, 0.15) is 0 Å². The Morgan fingerprint density at radius 3 is 2.62 bits per heavy atom. The first-order valence-corrected chi connectivity index (χ1v) is 6.14. The standard InChI is InChI=1S/C12H15Cl2NO/c1-15-2-3-16-12(8-15)6-9-4-10(13)7-11(14)5-9/h4-5,7,12H,2-3,6,8H2,1H3/t12-/m1/s1. The molecule has 0 aliphatic carbocycles. The van der Waals surface area contributed by atoms with Gasteiger partial charge >= 0.3 is 0 Å². The molecule has 1 aliphatic rings. The Morgan fingerprint density at radius 1 is 1.31 bits per heavy atom. The molecule has 88 valence electrons. The molecule has 0 N–H and O–H groups in total. The third kappa shape index (κ3) is 3.36. The van der Waals surface area contributed by atoms with E-state index in [9.17, 15) is 0 Å². The van der Waals surface area contributed by atoms with E-state index >= 15 is 0 Å². The largest absolute Gasteiger partial charge is 0.375 e. The Bertz CT molecular complexity index is 350. The molecule has 1 atom stereocenters. The van der Waals surface area contributed by atoms with E-state index in [1.54, 1.807) is 6.07 Å². The Balaban J connectivity index is 2.02. The summed E-state index contributed by atoms with van der Waals surface area (Å²) < 4.78 is 5.70. The van der Waals surface area contributed by atoms with Crippen molar-refractivity contribution in [3.05, 3.63) is 33.8 Å². The monoisotopic (exact) mass is 259 g/mol. The molecule has 1 heterocycles. The third-order valence-electron chi connectivity index (χ3n) is 2.73. The Labute approximate surface area is 106 Å². The number of ether oxygens (including phenoxy) is 1. The van der Waals surface area contributed by atoms with Gasteiger partial charge in [0.05, 0.1) is 12.7 Å². The van der Waals surface area contributed by atoms with Crippen molar-refractivity contribution in [1.29, 1.82) is 0 Å². The van der Waals surface area contributed by atoms with Crippen LogP contribution in [0.1, 0.15) is 5.56 Å². The van der Waals surface area contributed by atoms with Gasteiger partial charge in [-0.1, -0.05) is 23.2 Å². The van der Waals surface area contributed by atoms with Crippen molar-refractivity contribution in [3.63, 3.8) is 0 Å². The van der Waals surface area contributed by atoms with Crippen molar-refractivity contribution in [2.45, 2.75) is 12.5 Å². The third-order valence-corrected chi connectivity index (χ3v) is 3.16. The lowest BCUT2D eigenvalue weighted by Gasteiger charge is -2.30. The maximum Gasteiger partial charge on any atom is 0.0742 e. The summed E-state index contributed by atoms with van der Waals surface area (Å²) in [6, 6.07) is 5.65. The fraction of sp³-hybridized carbons (Fsp3) is 0.500. The second kappa shape index (κ2) is 5.37. The van der Waals surface area contributed by atoms with Gasteiger partial charge in [0.25, 0.3) is 0 Å². The SMILES string of the molecule is CN1CCO[C@H](Cc2cc(Cl)cc(Cl)c2)C1. The quantitative estimate of drug-likeness (QED) is 0.810. The Kier molecular flexibility index (Phi) is 4.09. The second-order valence-electron chi connectivity index (χ2n) is 4.24. The lowest BCUT2D eigenvalue weighted by atomic mass is 10.1. The summed E-state index contributed by atoms with van der Waals surface area (Å²) in [5.41, 5.74) is 1.14. The van der Waals surface area contributed by atoms with E-state index in [1.807, 2.05) is 12.1 Å². The van der Waals surface area contributed by atoms with E-state index in [1.165, 1.54) is 0 Å². The number of halogens is 2. The predicted molar refractivity (Wildman–Crippen MR) is 67.4 cm³/mol. The Morgan fingerprint density at radius 2 is 2.00 bits per heavy atom. The molecule has 1 aromatic carbocycles. The van der Waals surface area contributed by atoms with E-state index in [4.69, 9.17) is 27.9 Å². The summed E-state index contributed by atoms with van der Waals surface area (Å²) in [6.07, 6.45) is 1.11. The van der Waals surface area contributed by atoms with Crippen molar-refractivity contribution in [1.82, 2.24) is 4.90 Å². The van der Waals surface area contributed by atoms with Crippen LogP contribution in [0, 0.1) is 0 Å². The van der Waals surface area contributed by atoms with Crippen molar-refractivity contribution in [2.24, 2.45) is 0 Å². The van der Waals surface area contributed by atoms with Crippen LogP contribution in [0.25, 0.3) is 0 Å². The zero-order chi connectivity index (χ0) is 11.5. The molecule has 0 bridgehead atoms. The number of benzene rings is 1. The van der Waals surface area contributed by atoms with E-state index in [0.717, 1.165) is 31.7 Å². The molecule has 0 aromatic heterocycles. The molecular formula is C12H15Cl2NO. The van der Waals surface area contributed by atoms with Crippen molar-refractivity contribution >= 4 is 23.2 Å². The molecule has 2 rings (SSSR count). The predicted octanol–water partition coefficient (Wildman–Crippen LogP) is 2.87. The van der Waals surface area contributed by atoms with Crippen LogP contribution >= 0.6 is 23.2 Å². The lowest BCUT2D eigenvalue weighted by molar-refractivity contribution is -0.0185. The molecule has 0 unspecified atom stereocenters. The molecule has 0 spiro atoms. The highest BCUT2D eigenvalue weighted by atomic mass is 35.5. The highest BCUT2D eigenvalue weighted by molar-refractivity contribution is 6.34. The van der Waals surface area contributed by atoms with Gasteiger partial charge < -0.3 is 9.64 Å². The molecule has 0 amide bonds. The van der Waals surface area contributed by atoms with Crippen molar-refractivity contribution in [3.8, 4) is 0 Å². The zero-order valence-electron chi connectivity index (χ0n) is 9.25. The fourth-order valence-corrected chi connectivity index (χ4v) is 2.55. The van der Waals surface area contributed by atoms with Crippen LogP contribution in [-0.4, -0.2) is 37.7 Å². The molecule has 0 radical (unpaired) electrons. The zero-order valence-corrected chi connectivity index (χ0v) is 10.8. The number of hydrogen-bond acceptors (Lipinski definition) is 2. The van der Waals surface area contributed by atoms with Crippen molar-refractivity contribution < 1.29 is 4.74 Å². The molecule has 1 aliphatic heterocycles. The number of nitrogens with zero attached hydrogens (tertiary/aromatic N) is 1. The smallest absolute Gasteiger partial charge is 0.0742 e. The number of hydrogen-bond donors (Lipinski definition) is 0. The van der Waals surface area contributed by atoms with Crippen LogP contribution in [0.4, 0.5) is 0 Å². The van der Waals surface area contributed by atoms with E-state index in [2.05, 4.69) is 11.9 Å². The summed E-state index contributed by atoms with van der Waals surface area (Å²) in [6.45, 7) is 2.77. The van der Waals surface area contributed by atoms with Crippen LogP contribution in [0.2, 0.25) is 10.0 Å². The van der Waals surface area contributed by atoms with Gasteiger partial charge in [0.15, 0.2) is 0 Å². The minimum Gasteiger partial charge on any atom is -0.375 e. The van der Waals surface area contributed by atoms with Crippen molar-refractivity contribution in [2.75, 3.05) is 26.7 Å². The van der Waals surface area contributed by atoms with Crippen LogP contribution in [0.5, 0.6) is 0 Å². The summed E-state index contributed by atoms with van der Waals surface area (Å²) in [7, 11) is 2.11. The highest BCUT2D eigenvalue weighted by Gasteiger charge is 2.18. The molecule has 1 fully saturated rings. The normalized spacial score (nSPS) is 22.3. The summed E-state index contributed by atoms with van der Waals surface area (Å²) in [5, 5.41) is 1.37. The molecule has 0 saturated carbocycles. The van der Waals surface area contributed by atoms with Crippen LogP contribution < -0.4 is 0 Å². The van der Waals surface area contributed by atoms with Gasteiger partial charge in [-0.05, 0) is 37.2 Å². The lowest BCUT2D eigenvalue weighted by Crippen LogP contribution is -2.40. The van der Waals surface area contributed by atoms with Gasteiger partial charge in [-0.15, -0.1) is 0 Å². The topological polar surface area (TPSA) is 12.5 Å². The van der Waals surface area contributed by atoms with E-state index in [-0.39, 0.29) is 6.10 Å². The maximum absolute atomic E-state index is 5.96. The molecular weight excluding hydrogens is 245 g/mol. The van der Waals surface area contributed by atoms with Gasteiger partial charge in [0, 0.05) is 23.1 Å². The summed E-state index contributed by atoms with van der Waals surface area (Å²) in [5.74, 6) is 0. The number of likely N-dealkylation sites (N-methyl/N-ethyl adjacent to an activating group) is 1. The first-order valence-electron chi connectivity index (χ1n) is 5.38. The van der Waals surface area contributed by atoms with E-state index in [0.29, 0.717) is 10.0 Å². The van der Waals surface area contributed by atoms with Crippen LogP contribution in [-0.2, 0) is 11.2 Å². The van der Waals surface area contributed by atoms with Gasteiger partial charge in [-0.3, -0.25) is 0 Å². The van der Waals surface area contributed by atoms with Gasteiger partial charge in [0.2, 0.25) is 0 Å². The molecule has 1 aromatic rings. The number of rotatable bonds is 2. The number of morpholine rings is 1. The summed E-state index contributed by atoms with van der Waals surface area (Å²) in [4.78, 5) is 2.28. The molecule has 1 saturated heterocycles. The fourth-order valence-electron chi connectivity index (χ4n) is 1.98. The first kappa shape index (κ1) is 12.2. The second-order valence-corrected chi connectivity index (χ2v) is 5.11. The minimum atomic E-state index is 0.244. The van der Waals surface area contributed by atoms with E-state index < -0.39 is 0 Å². The highest BCUT2D eigenvalue weighted by Crippen LogP contribution is 2.21. The van der Waals surface area contributed by atoms with Crippen LogP contribution in [0.15, 0.2) is 18.2 Å². The Hall–Kier alpha value is -0.280. The average Bonchev–Trinajstić information content (AvgIpc) is 2.15. The minimum absolute atomic E-state index is 0.244. The summed E-state index contributed by atoms with van der Waals surface area (Å²) >= 11 is 11.9. The average molecular weight is 260 g/mol.